The zero-order chi connectivity index (χ0) is 15.4. The number of hydrazine groups is 1. The fraction of sp³-hybridized carbons (Fsp3) is 0.250. The number of ether oxygens (including phenoxy) is 1. The number of aromatic nitrogens is 1. The van der Waals surface area contributed by atoms with E-state index in [9.17, 15) is 4.79 Å². The van der Waals surface area contributed by atoms with E-state index in [1.165, 1.54) is 0 Å². The normalized spacial score (nSPS) is 20.6. The Hall–Kier alpha value is -2.44. The summed E-state index contributed by atoms with van der Waals surface area (Å²) in [5.74, 6) is 0.635. The van der Waals surface area contributed by atoms with Gasteiger partial charge in [0.15, 0.2) is 0 Å². The maximum Gasteiger partial charge on any atom is 0.242 e. The van der Waals surface area contributed by atoms with Crippen molar-refractivity contribution in [1.29, 1.82) is 0 Å². The Morgan fingerprint density at radius 2 is 2.23 bits per heavy atom. The van der Waals surface area contributed by atoms with Crippen molar-refractivity contribution in [2.75, 3.05) is 12.4 Å². The summed E-state index contributed by atoms with van der Waals surface area (Å²) in [5.41, 5.74) is 7.95. The zero-order valence-electron chi connectivity index (χ0n) is 12.2. The molecule has 1 saturated heterocycles. The van der Waals surface area contributed by atoms with Crippen molar-refractivity contribution in [1.82, 2.24) is 15.8 Å². The van der Waals surface area contributed by atoms with Crippen molar-refractivity contribution in [2.45, 2.75) is 18.5 Å². The van der Waals surface area contributed by atoms with Gasteiger partial charge in [-0.1, -0.05) is 12.1 Å². The van der Waals surface area contributed by atoms with E-state index in [0.29, 0.717) is 12.2 Å². The van der Waals surface area contributed by atoms with Crippen LogP contribution in [-0.4, -0.2) is 24.0 Å². The molecule has 0 aliphatic carbocycles. The summed E-state index contributed by atoms with van der Waals surface area (Å²) in [4.78, 5) is 16.4. The predicted octanol–water partition coefficient (Wildman–Crippen LogP) is 1.64. The zero-order valence-corrected chi connectivity index (χ0v) is 12.2. The minimum Gasteiger partial charge on any atom is -0.497 e. The van der Waals surface area contributed by atoms with Crippen molar-refractivity contribution in [3.63, 3.8) is 0 Å². The Labute approximate surface area is 128 Å². The molecule has 2 atom stereocenters. The number of hydrogen-bond donors (Lipinski definition) is 3. The summed E-state index contributed by atoms with van der Waals surface area (Å²) in [6.07, 6.45) is 4.21. The summed E-state index contributed by atoms with van der Waals surface area (Å²) >= 11 is 0. The number of benzene rings is 1. The van der Waals surface area contributed by atoms with Gasteiger partial charge in [-0.05, 0) is 30.2 Å². The van der Waals surface area contributed by atoms with Gasteiger partial charge >= 0.3 is 0 Å². The summed E-state index contributed by atoms with van der Waals surface area (Å²) in [6.45, 7) is 0. The molecule has 1 fully saturated rings. The lowest BCUT2D eigenvalue weighted by Crippen LogP contribution is -2.39. The van der Waals surface area contributed by atoms with Crippen LogP contribution in [-0.2, 0) is 4.79 Å². The summed E-state index contributed by atoms with van der Waals surface area (Å²) in [6, 6.07) is 11.0. The van der Waals surface area contributed by atoms with Gasteiger partial charge in [0.2, 0.25) is 5.91 Å². The van der Waals surface area contributed by atoms with Gasteiger partial charge in [0, 0.05) is 30.2 Å². The second kappa shape index (κ2) is 6.55. The number of carbonyl (C=O) groups excluding carboxylic acids is 1. The van der Waals surface area contributed by atoms with Crippen LogP contribution in [0.1, 0.15) is 18.0 Å². The molecule has 1 aliphatic heterocycles. The van der Waals surface area contributed by atoms with Gasteiger partial charge in [-0.25, -0.2) is 10.9 Å². The van der Waals surface area contributed by atoms with Gasteiger partial charge in [0.1, 0.15) is 11.8 Å². The minimum absolute atomic E-state index is 0.0767. The van der Waals surface area contributed by atoms with E-state index >= 15 is 0 Å². The SMILES string of the molecule is COc1cccc(NC(=O)C2CC(c3cccnc3)NN2)c1. The highest BCUT2D eigenvalue weighted by atomic mass is 16.5. The first-order chi connectivity index (χ1) is 10.8. The molecule has 3 N–H and O–H groups in total. The highest BCUT2D eigenvalue weighted by molar-refractivity contribution is 5.95. The summed E-state index contributed by atoms with van der Waals surface area (Å²) in [7, 11) is 1.60. The van der Waals surface area contributed by atoms with Crippen LogP contribution in [0.5, 0.6) is 5.75 Å². The fourth-order valence-corrected chi connectivity index (χ4v) is 2.46. The van der Waals surface area contributed by atoms with Gasteiger partial charge in [0.05, 0.1) is 7.11 Å². The van der Waals surface area contributed by atoms with Gasteiger partial charge in [-0.3, -0.25) is 9.78 Å². The Kier molecular flexibility index (Phi) is 4.32. The van der Waals surface area contributed by atoms with Crippen LogP contribution in [0.4, 0.5) is 5.69 Å². The number of methoxy groups -OCH3 is 1. The third-order valence-corrected chi connectivity index (χ3v) is 3.64. The topological polar surface area (TPSA) is 75.3 Å². The third kappa shape index (κ3) is 3.24. The van der Waals surface area contributed by atoms with E-state index in [2.05, 4.69) is 21.2 Å². The standard InChI is InChI=1S/C16H18N4O2/c1-22-13-6-2-5-12(8-13)18-16(21)15-9-14(19-20-15)11-4-3-7-17-10-11/h2-8,10,14-15,19-20H,9H2,1H3,(H,18,21). The molecule has 2 unspecified atom stereocenters. The van der Waals surface area contributed by atoms with Crippen LogP contribution in [0.15, 0.2) is 48.8 Å². The maximum absolute atomic E-state index is 12.3. The monoisotopic (exact) mass is 298 g/mol. The molecule has 0 spiro atoms. The highest BCUT2D eigenvalue weighted by Gasteiger charge is 2.30. The summed E-state index contributed by atoms with van der Waals surface area (Å²) < 4.78 is 5.15. The largest absolute Gasteiger partial charge is 0.497 e. The second-order valence-corrected chi connectivity index (χ2v) is 5.14. The van der Waals surface area contributed by atoms with Crippen molar-refractivity contribution in [3.8, 4) is 5.75 Å². The van der Waals surface area contributed by atoms with Gasteiger partial charge < -0.3 is 10.1 Å². The van der Waals surface area contributed by atoms with Gasteiger partial charge in [-0.15, -0.1) is 0 Å². The minimum atomic E-state index is -0.295. The smallest absolute Gasteiger partial charge is 0.242 e. The first kappa shape index (κ1) is 14.5. The van der Waals surface area contributed by atoms with Crippen LogP contribution in [0, 0.1) is 0 Å². The second-order valence-electron chi connectivity index (χ2n) is 5.14. The van der Waals surface area contributed by atoms with E-state index < -0.39 is 0 Å². The van der Waals surface area contributed by atoms with E-state index in [1.54, 1.807) is 19.4 Å². The molecule has 1 aromatic heterocycles. The van der Waals surface area contributed by atoms with Crippen LogP contribution in [0.3, 0.4) is 0 Å². The molecule has 2 heterocycles. The molecule has 114 valence electrons. The summed E-state index contributed by atoms with van der Waals surface area (Å²) in [5, 5.41) is 2.89. The quantitative estimate of drug-likeness (QED) is 0.800. The molecule has 0 saturated carbocycles. The molecular weight excluding hydrogens is 280 g/mol. The molecule has 6 nitrogen and oxygen atoms in total. The number of pyridine rings is 1. The maximum atomic E-state index is 12.3. The molecule has 22 heavy (non-hydrogen) atoms. The van der Waals surface area contributed by atoms with Crippen LogP contribution in [0.25, 0.3) is 0 Å². The number of rotatable bonds is 4. The average Bonchev–Trinajstić information content (AvgIpc) is 3.06. The van der Waals surface area contributed by atoms with Gasteiger partial charge in [-0.2, -0.15) is 0 Å². The molecule has 1 aromatic carbocycles. The Bertz CT molecular complexity index is 648. The van der Waals surface area contributed by atoms with Crippen molar-refractivity contribution in [2.24, 2.45) is 0 Å². The van der Waals surface area contributed by atoms with E-state index in [-0.39, 0.29) is 18.0 Å². The Morgan fingerprint density at radius 1 is 1.32 bits per heavy atom. The molecule has 0 bridgehead atoms. The first-order valence-corrected chi connectivity index (χ1v) is 7.12. The first-order valence-electron chi connectivity index (χ1n) is 7.12. The van der Waals surface area contributed by atoms with Crippen molar-refractivity contribution >= 4 is 11.6 Å². The van der Waals surface area contributed by atoms with Gasteiger partial charge in [0.25, 0.3) is 0 Å². The fourth-order valence-electron chi connectivity index (χ4n) is 2.46. The Balaban J connectivity index is 1.62. The van der Waals surface area contributed by atoms with Crippen molar-refractivity contribution in [3.05, 3.63) is 54.4 Å². The predicted molar refractivity (Wildman–Crippen MR) is 83.3 cm³/mol. The number of nitrogens with one attached hydrogen (secondary N) is 3. The average molecular weight is 298 g/mol. The lowest BCUT2D eigenvalue weighted by atomic mass is 10.0. The van der Waals surface area contributed by atoms with Crippen LogP contribution >= 0.6 is 0 Å². The van der Waals surface area contributed by atoms with E-state index in [0.717, 1.165) is 11.3 Å². The number of anilines is 1. The van der Waals surface area contributed by atoms with Crippen LogP contribution < -0.4 is 20.9 Å². The number of hydrogen-bond acceptors (Lipinski definition) is 5. The molecule has 6 heteroatoms. The molecule has 2 aromatic rings. The molecule has 1 amide bonds. The Morgan fingerprint density at radius 3 is 3.00 bits per heavy atom. The highest BCUT2D eigenvalue weighted by Crippen LogP contribution is 2.23. The van der Waals surface area contributed by atoms with E-state index in [1.807, 2.05) is 36.5 Å². The lowest BCUT2D eigenvalue weighted by Gasteiger charge is -2.11. The molecule has 1 aliphatic rings. The number of carbonyl (C=O) groups is 1. The molecule has 3 rings (SSSR count). The van der Waals surface area contributed by atoms with E-state index in [4.69, 9.17) is 4.74 Å². The lowest BCUT2D eigenvalue weighted by molar-refractivity contribution is -0.117. The molecule has 0 radical (unpaired) electrons. The third-order valence-electron chi connectivity index (χ3n) is 3.64. The molecular formula is C16H18N4O2. The number of nitrogens with zero attached hydrogens (tertiary/aromatic N) is 1. The number of amides is 1. The van der Waals surface area contributed by atoms with Crippen molar-refractivity contribution < 1.29 is 9.53 Å². The van der Waals surface area contributed by atoms with Crippen LogP contribution in [0.2, 0.25) is 0 Å².